The molecule has 1 aliphatic heterocycles. The van der Waals surface area contributed by atoms with Crippen LogP contribution in [0.4, 0.5) is 0 Å². The Morgan fingerprint density at radius 1 is 1.24 bits per heavy atom. The Morgan fingerprint density at radius 3 is 2.41 bits per heavy atom. The molecule has 0 aliphatic carbocycles. The third-order valence-electron chi connectivity index (χ3n) is 2.77. The maximum absolute atomic E-state index is 11.5. The van der Waals surface area contributed by atoms with Crippen LogP contribution in [0.5, 0.6) is 0 Å². The number of hydrogen-bond acceptors (Lipinski definition) is 3. The second-order valence-electron chi connectivity index (χ2n) is 3.90. The Bertz CT molecular complexity index is 483. The summed E-state index contributed by atoms with van der Waals surface area (Å²) in [5.74, 6) is -0.263. The van der Waals surface area contributed by atoms with E-state index in [2.05, 4.69) is 0 Å². The standard InChI is InChI=1S/C12H12N2O2S/c13-12(17)9-4-2-1-3-8(9)7-14-10(15)5-6-11(14)16/h1-4H,5-7H2,(H2,13,17). The smallest absolute Gasteiger partial charge is 0.229 e. The van der Waals surface area contributed by atoms with Crippen molar-refractivity contribution in [2.24, 2.45) is 5.73 Å². The average Bonchev–Trinajstić information content (AvgIpc) is 2.61. The lowest BCUT2D eigenvalue weighted by atomic mass is 10.1. The van der Waals surface area contributed by atoms with Gasteiger partial charge in [0.2, 0.25) is 11.8 Å². The lowest BCUT2D eigenvalue weighted by Gasteiger charge is -2.16. The number of likely N-dealkylation sites (tertiary alicyclic amines) is 1. The SMILES string of the molecule is NC(=S)c1ccccc1CN1C(=O)CCC1=O. The number of hydrogen-bond donors (Lipinski definition) is 1. The maximum atomic E-state index is 11.5. The summed E-state index contributed by atoms with van der Waals surface area (Å²) in [4.78, 5) is 24.6. The van der Waals surface area contributed by atoms with E-state index >= 15 is 0 Å². The van der Waals surface area contributed by atoms with Crippen molar-refractivity contribution in [3.05, 3.63) is 35.4 Å². The number of amides is 2. The van der Waals surface area contributed by atoms with Gasteiger partial charge in [-0.3, -0.25) is 14.5 Å². The van der Waals surface area contributed by atoms with Gasteiger partial charge < -0.3 is 5.73 Å². The van der Waals surface area contributed by atoms with Crippen LogP contribution < -0.4 is 5.73 Å². The summed E-state index contributed by atoms with van der Waals surface area (Å²) in [5.41, 5.74) is 7.13. The zero-order valence-corrected chi connectivity index (χ0v) is 10.00. The van der Waals surface area contributed by atoms with Gasteiger partial charge in [0.25, 0.3) is 0 Å². The van der Waals surface area contributed by atoms with Crippen molar-refractivity contribution in [3.8, 4) is 0 Å². The molecule has 0 spiro atoms. The van der Waals surface area contributed by atoms with E-state index < -0.39 is 0 Å². The van der Waals surface area contributed by atoms with Crippen molar-refractivity contribution in [1.82, 2.24) is 4.90 Å². The zero-order chi connectivity index (χ0) is 12.4. The summed E-state index contributed by atoms with van der Waals surface area (Å²) in [6.07, 6.45) is 0.599. The second-order valence-corrected chi connectivity index (χ2v) is 4.33. The molecule has 0 saturated carbocycles. The normalized spacial score (nSPS) is 15.4. The van der Waals surface area contributed by atoms with Crippen molar-refractivity contribution in [2.75, 3.05) is 0 Å². The molecule has 0 bridgehead atoms. The third kappa shape index (κ3) is 2.34. The van der Waals surface area contributed by atoms with Crippen LogP contribution in [-0.4, -0.2) is 21.7 Å². The van der Waals surface area contributed by atoms with E-state index in [1.165, 1.54) is 4.90 Å². The molecule has 2 N–H and O–H groups in total. The molecule has 0 unspecified atom stereocenters. The van der Waals surface area contributed by atoms with Gasteiger partial charge in [0, 0.05) is 18.4 Å². The Morgan fingerprint density at radius 2 is 1.82 bits per heavy atom. The highest BCUT2D eigenvalue weighted by atomic mass is 32.1. The molecule has 0 aromatic heterocycles. The molecule has 88 valence electrons. The highest BCUT2D eigenvalue weighted by Crippen LogP contribution is 2.18. The predicted octanol–water partition coefficient (Wildman–Crippen LogP) is 0.970. The molecular formula is C12H12N2O2S. The largest absolute Gasteiger partial charge is 0.389 e. The lowest BCUT2D eigenvalue weighted by molar-refractivity contribution is -0.139. The van der Waals surface area contributed by atoms with Crippen molar-refractivity contribution in [2.45, 2.75) is 19.4 Å². The third-order valence-corrected chi connectivity index (χ3v) is 2.99. The van der Waals surface area contributed by atoms with E-state index in [4.69, 9.17) is 18.0 Å². The Kier molecular flexibility index (Phi) is 3.19. The molecule has 5 heteroatoms. The number of thiocarbonyl (C=S) groups is 1. The first kappa shape index (κ1) is 11.7. The molecule has 17 heavy (non-hydrogen) atoms. The van der Waals surface area contributed by atoms with E-state index in [0.717, 1.165) is 11.1 Å². The minimum absolute atomic E-state index is 0.132. The van der Waals surface area contributed by atoms with Crippen LogP contribution in [0.2, 0.25) is 0 Å². The maximum Gasteiger partial charge on any atom is 0.229 e. The fourth-order valence-electron chi connectivity index (χ4n) is 1.87. The number of imide groups is 1. The van der Waals surface area contributed by atoms with E-state index in [1.807, 2.05) is 18.2 Å². The first-order valence-electron chi connectivity index (χ1n) is 5.30. The molecule has 4 nitrogen and oxygen atoms in total. The fraction of sp³-hybridized carbons (Fsp3) is 0.250. The van der Waals surface area contributed by atoms with Crippen LogP contribution in [0.15, 0.2) is 24.3 Å². The minimum atomic E-state index is -0.132. The Labute approximate surface area is 104 Å². The molecule has 1 aromatic carbocycles. The molecular weight excluding hydrogens is 236 g/mol. The van der Waals surface area contributed by atoms with Crippen molar-refractivity contribution in [1.29, 1.82) is 0 Å². The molecule has 1 aliphatic rings. The number of benzene rings is 1. The van der Waals surface area contributed by atoms with Gasteiger partial charge in [0.1, 0.15) is 4.99 Å². The van der Waals surface area contributed by atoms with E-state index in [-0.39, 0.29) is 23.3 Å². The quantitative estimate of drug-likeness (QED) is 0.639. The van der Waals surface area contributed by atoms with Crippen LogP contribution in [0.25, 0.3) is 0 Å². The molecule has 1 heterocycles. The summed E-state index contributed by atoms with van der Waals surface area (Å²) in [7, 11) is 0. The Hall–Kier alpha value is -1.75. The van der Waals surface area contributed by atoms with Crippen molar-refractivity contribution in [3.63, 3.8) is 0 Å². The molecule has 0 atom stereocenters. The van der Waals surface area contributed by atoms with E-state index in [9.17, 15) is 9.59 Å². The summed E-state index contributed by atoms with van der Waals surface area (Å²) < 4.78 is 0. The molecule has 1 aromatic rings. The topological polar surface area (TPSA) is 63.4 Å². The summed E-state index contributed by atoms with van der Waals surface area (Å²) in [6, 6.07) is 7.28. The van der Waals surface area contributed by atoms with Crippen molar-refractivity contribution >= 4 is 29.0 Å². The average molecular weight is 248 g/mol. The number of nitrogens with zero attached hydrogens (tertiary/aromatic N) is 1. The second kappa shape index (κ2) is 4.63. The van der Waals surface area contributed by atoms with Gasteiger partial charge in [-0.1, -0.05) is 36.5 Å². The van der Waals surface area contributed by atoms with E-state index in [0.29, 0.717) is 12.8 Å². The summed E-state index contributed by atoms with van der Waals surface area (Å²) >= 11 is 4.94. The lowest BCUT2D eigenvalue weighted by Crippen LogP contribution is -2.29. The highest BCUT2D eigenvalue weighted by molar-refractivity contribution is 7.80. The summed E-state index contributed by atoms with van der Waals surface area (Å²) in [6.45, 7) is 0.255. The van der Waals surface area contributed by atoms with Crippen LogP contribution >= 0.6 is 12.2 Å². The molecule has 2 amide bonds. The van der Waals surface area contributed by atoms with Crippen LogP contribution in [0.3, 0.4) is 0 Å². The van der Waals surface area contributed by atoms with Crippen LogP contribution in [0, 0.1) is 0 Å². The van der Waals surface area contributed by atoms with Gasteiger partial charge in [-0.15, -0.1) is 0 Å². The van der Waals surface area contributed by atoms with Gasteiger partial charge in [-0.25, -0.2) is 0 Å². The number of carbonyl (C=O) groups is 2. The number of carbonyl (C=O) groups excluding carboxylic acids is 2. The highest BCUT2D eigenvalue weighted by Gasteiger charge is 2.29. The van der Waals surface area contributed by atoms with Gasteiger partial charge in [-0.05, 0) is 5.56 Å². The predicted molar refractivity (Wildman–Crippen MR) is 67.1 cm³/mol. The minimum Gasteiger partial charge on any atom is -0.389 e. The molecule has 2 rings (SSSR count). The number of nitrogens with two attached hydrogens (primary N) is 1. The van der Waals surface area contributed by atoms with Gasteiger partial charge in [0.05, 0.1) is 6.54 Å². The van der Waals surface area contributed by atoms with Gasteiger partial charge >= 0.3 is 0 Å². The fourth-order valence-corrected chi connectivity index (χ4v) is 2.07. The first-order chi connectivity index (χ1) is 8.09. The van der Waals surface area contributed by atoms with Crippen molar-refractivity contribution < 1.29 is 9.59 Å². The monoisotopic (exact) mass is 248 g/mol. The Balaban J connectivity index is 2.27. The molecule has 1 fully saturated rings. The van der Waals surface area contributed by atoms with Crippen LogP contribution in [0.1, 0.15) is 24.0 Å². The zero-order valence-electron chi connectivity index (χ0n) is 9.18. The molecule has 1 saturated heterocycles. The first-order valence-corrected chi connectivity index (χ1v) is 5.71. The van der Waals surface area contributed by atoms with Gasteiger partial charge in [0.15, 0.2) is 0 Å². The van der Waals surface area contributed by atoms with Gasteiger partial charge in [-0.2, -0.15) is 0 Å². The summed E-state index contributed by atoms with van der Waals surface area (Å²) in [5, 5.41) is 0. The molecule has 0 radical (unpaired) electrons. The number of rotatable bonds is 3. The van der Waals surface area contributed by atoms with Crippen LogP contribution in [-0.2, 0) is 16.1 Å². The van der Waals surface area contributed by atoms with E-state index in [1.54, 1.807) is 6.07 Å².